The summed E-state index contributed by atoms with van der Waals surface area (Å²) in [6, 6.07) is 22.2. The molecule has 0 heterocycles. The van der Waals surface area contributed by atoms with E-state index in [0.717, 1.165) is 17.7 Å². The predicted molar refractivity (Wildman–Crippen MR) is 149 cm³/mol. The standard InChI is InChI=1S/C29H34N2O5S/c1-21(2)14-15-36-26-13-12-22(18-27(26)33-3)20-30-29(37)31-28(32)23-8-7-11-25(19-23)35-17-16-34-24-9-5-4-6-10-24/h4-13,18-19,21H,14-17,20H2,1-3H3,(H2,30,31,32,37). The fourth-order valence-electron chi connectivity index (χ4n) is 3.31. The Morgan fingerprint density at radius 1 is 0.838 bits per heavy atom. The summed E-state index contributed by atoms with van der Waals surface area (Å²) < 4.78 is 22.6. The van der Waals surface area contributed by atoms with Gasteiger partial charge in [0.05, 0.1) is 13.7 Å². The number of amides is 1. The van der Waals surface area contributed by atoms with Gasteiger partial charge in [-0.2, -0.15) is 0 Å². The molecule has 0 aliphatic heterocycles. The molecule has 0 aliphatic rings. The Morgan fingerprint density at radius 2 is 1.57 bits per heavy atom. The number of rotatable bonds is 13. The van der Waals surface area contributed by atoms with E-state index in [0.29, 0.717) is 55.1 Å². The lowest BCUT2D eigenvalue weighted by molar-refractivity contribution is 0.0976. The number of benzene rings is 3. The average molecular weight is 523 g/mol. The quantitative estimate of drug-likeness (QED) is 0.230. The van der Waals surface area contributed by atoms with Gasteiger partial charge >= 0.3 is 0 Å². The zero-order valence-corrected chi connectivity index (χ0v) is 22.3. The highest BCUT2D eigenvalue weighted by Gasteiger charge is 2.11. The number of hydrogen-bond acceptors (Lipinski definition) is 6. The molecule has 0 spiro atoms. The number of hydrogen-bond donors (Lipinski definition) is 2. The maximum Gasteiger partial charge on any atom is 0.257 e. The Labute approximate surface area is 224 Å². The van der Waals surface area contributed by atoms with E-state index < -0.39 is 0 Å². The third-order valence-corrected chi connectivity index (χ3v) is 5.57. The third-order valence-electron chi connectivity index (χ3n) is 5.32. The molecule has 1 amide bonds. The van der Waals surface area contributed by atoms with E-state index in [1.807, 2.05) is 48.5 Å². The van der Waals surface area contributed by atoms with Crippen LogP contribution in [0.3, 0.4) is 0 Å². The summed E-state index contributed by atoms with van der Waals surface area (Å²) in [6.45, 7) is 6.12. The topological polar surface area (TPSA) is 78.1 Å². The normalized spacial score (nSPS) is 10.5. The number of para-hydroxylation sites is 1. The summed E-state index contributed by atoms with van der Waals surface area (Å²) in [6.07, 6.45) is 0.970. The van der Waals surface area contributed by atoms with Gasteiger partial charge in [-0.15, -0.1) is 0 Å². The first-order valence-corrected chi connectivity index (χ1v) is 12.6. The van der Waals surface area contributed by atoms with E-state index in [4.69, 9.17) is 31.2 Å². The molecular formula is C29H34N2O5S. The van der Waals surface area contributed by atoms with Gasteiger partial charge in [-0.25, -0.2) is 0 Å². The van der Waals surface area contributed by atoms with Gasteiger partial charge in [-0.05, 0) is 72.6 Å². The summed E-state index contributed by atoms with van der Waals surface area (Å²) >= 11 is 5.32. The van der Waals surface area contributed by atoms with Gasteiger partial charge in [-0.3, -0.25) is 10.1 Å². The van der Waals surface area contributed by atoms with Gasteiger partial charge in [-0.1, -0.05) is 44.2 Å². The zero-order chi connectivity index (χ0) is 26.5. The highest BCUT2D eigenvalue weighted by atomic mass is 32.1. The van der Waals surface area contributed by atoms with E-state index in [2.05, 4.69) is 24.5 Å². The van der Waals surface area contributed by atoms with Crippen molar-refractivity contribution in [3.63, 3.8) is 0 Å². The second kappa shape index (κ2) is 14.7. The molecule has 0 aliphatic carbocycles. The molecule has 3 aromatic carbocycles. The first kappa shape index (κ1) is 27.8. The van der Waals surface area contributed by atoms with Gasteiger partial charge in [0.25, 0.3) is 5.91 Å². The second-order valence-electron chi connectivity index (χ2n) is 8.69. The lowest BCUT2D eigenvalue weighted by atomic mass is 10.1. The minimum atomic E-state index is -0.324. The van der Waals surface area contributed by atoms with E-state index in [1.165, 1.54) is 0 Å². The van der Waals surface area contributed by atoms with Crippen LogP contribution in [-0.2, 0) is 6.54 Å². The van der Waals surface area contributed by atoms with Crippen molar-refractivity contribution in [2.75, 3.05) is 26.9 Å². The number of carbonyl (C=O) groups is 1. The van der Waals surface area contributed by atoms with Crippen LogP contribution in [-0.4, -0.2) is 38.0 Å². The van der Waals surface area contributed by atoms with Gasteiger partial charge < -0.3 is 24.3 Å². The Kier molecular flexibility index (Phi) is 11.0. The van der Waals surface area contributed by atoms with Gasteiger partial charge in [0.1, 0.15) is 24.7 Å². The highest BCUT2D eigenvalue weighted by Crippen LogP contribution is 2.28. The number of thiocarbonyl (C=S) groups is 1. The molecule has 3 aromatic rings. The minimum Gasteiger partial charge on any atom is -0.493 e. The van der Waals surface area contributed by atoms with Gasteiger partial charge in [0.2, 0.25) is 0 Å². The lowest BCUT2D eigenvalue weighted by Crippen LogP contribution is -2.38. The van der Waals surface area contributed by atoms with Crippen LogP contribution in [0, 0.1) is 5.92 Å². The summed E-state index contributed by atoms with van der Waals surface area (Å²) in [5.74, 6) is 2.96. The fourth-order valence-corrected chi connectivity index (χ4v) is 3.48. The van der Waals surface area contributed by atoms with Crippen molar-refractivity contribution in [1.29, 1.82) is 0 Å². The maximum absolute atomic E-state index is 12.7. The van der Waals surface area contributed by atoms with E-state index in [9.17, 15) is 4.79 Å². The molecule has 0 atom stereocenters. The minimum absolute atomic E-state index is 0.226. The monoisotopic (exact) mass is 522 g/mol. The van der Waals surface area contributed by atoms with Gasteiger partial charge in [0.15, 0.2) is 16.6 Å². The third kappa shape index (κ3) is 9.65. The van der Waals surface area contributed by atoms with Crippen LogP contribution in [0.2, 0.25) is 0 Å². The van der Waals surface area contributed by atoms with Gasteiger partial charge in [0, 0.05) is 12.1 Å². The van der Waals surface area contributed by atoms with Crippen molar-refractivity contribution in [1.82, 2.24) is 10.6 Å². The molecule has 37 heavy (non-hydrogen) atoms. The van der Waals surface area contributed by atoms with Crippen molar-refractivity contribution in [3.05, 3.63) is 83.9 Å². The van der Waals surface area contributed by atoms with Crippen molar-refractivity contribution in [2.45, 2.75) is 26.8 Å². The highest BCUT2D eigenvalue weighted by molar-refractivity contribution is 7.80. The Balaban J connectivity index is 1.44. The Bertz CT molecular complexity index is 1150. The van der Waals surface area contributed by atoms with Crippen molar-refractivity contribution in [2.24, 2.45) is 5.92 Å². The number of methoxy groups -OCH3 is 1. The lowest BCUT2D eigenvalue weighted by Gasteiger charge is -2.14. The summed E-state index contributed by atoms with van der Waals surface area (Å²) in [7, 11) is 1.61. The smallest absolute Gasteiger partial charge is 0.257 e. The fraction of sp³-hybridized carbons (Fsp3) is 0.310. The summed E-state index contributed by atoms with van der Waals surface area (Å²) in [5, 5.41) is 5.99. The number of ether oxygens (including phenoxy) is 4. The zero-order valence-electron chi connectivity index (χ0n) is 21.5. The summed E-state index contributed by atoms with van der Waals surface area (Å²) in [4.78, 5) is 12.7. The van der Waals surface area contributed by atoms with Crippen LogP contribution in [0.5, 0.6) is 23.0 Å². The molecule has 0 radical (unpaired) electrons. The molecule has 8 heteroatoms. The van der Waals surface area contributed by atoms with Crippen LogP contribution < -0.4 is 29.6 Å². The first-order chi connectivity index (χ1) is 17.9. The first-order valence-electron chi connectivity index (χ1n) is 12.2. The SMILES string of the molecule is COc1cc(CNC(=S)NC(=O)c2cccc(OCCOc3ccccc3)c2)ccc1OCCC(C)C. The van der Waals surface area contributed by atoms with Crippen LogP contribution in [0.4, 0.5) is 0 Å². The molecule has 0 bridgehead atoms. The molecule has 3 rings (SSSR count). The Hall–Kier alpha value is -3.78. The number of nitrogens with one attached hydrogen (secondary N) is 2. The molecule has 0 unspecified atom stereocenters. The van der Waals surface area contributed by atoms with Crippen molar-refractivity contribution in [3.8, 4) is 23.0 Å². The largest absolute Gasteiger partial charge is 0.493 e. The van der Waals surface area contributed by atoms with Crippen LogP contribution in [0.25, 0.3) is 0 Å². The average Bonchev–Trinajstić information content (AvgIpc) is 2.91. The van der Waals surface area contributed by atoms with E-state index in [-0.39, 0.29) is 11.0 Å². The Morgan fingerprint density at radius 3 is 2.30 bits per heavy atom. The molecule has 0 saturated carbocycles. The number of carbonyl (C=O) groups excluding carboxylic acids is 1. The van der Waals surface area contributed by atoms with Crippen molar-refractivity contribution >= 4 is 23.2 Å². The molecule has 7 nitrogen and oxygen atoms in total. The van der Waals surface area contributed by atoms with E-state index >= 15 is 0 Å². The molecule has 0 fully saturated rings. The molecule has 196 valence electrons. The van der Waals surface area contributed by atoms with Crippen molar-refractivity contribution < 1.29 is 23.7 Å². The predicted octanol–water partition coefficient (Wildman–Crippen LogP) is 5.38. The molecule has 2 N–H and O–H groups in total. The van der Waals surface area contributed by atoms with Crippen LogP contribution in [0.1, 0.15) is 36.2 Å². The van der Waals surface area contributed by atoms with Crippen LogP contribution in [0.15, 0.2) is 72.8 Å². The molecule has 0 saturated heterocycles. The maximum atomic E-state index is 12.7. The second-order valence-corrected chi connectivity index (χ2v) is 9.10. The molecular weight excluding hydrogens is 488 g/mol. The van der Waals surface area contributed by atoms with E-state index in [1.54, 1.807) is 31.4 Å². The van der Waals surface area contributed by atoms with Crippen LogP contribution >= 0.6 is 12.2 Å². The molecule has 0 aromatic heterocycles. The summed E-state index contributed by atoms with van der Waals surface area (Å²) in [5.41, 5.74) is 1.38.